The molecule has 0 saturated carbocycles. The van der Waals surface area contributed by atoms with Crippen LogP contribution in [-0.4, -0.2) is 23.6 Å². The van der Waals surface area contributed by atoms with Crippen LogP contribution in [0.15, 0.2) is 30.5 Å². The number of para-hydroxylation sites is 1. The first-order valence-electron chi connectivity index (χ1n) is 6.52. The van der Waals surface area contributed by atoms with E-state index >= 15 is 0 Å². The Morgan fingerprint density at radius 3 is 2.89 bits per heavy atom. The van der Waals surface area contributed by atoms with Crippen LogP contribution in [0.3, 0.4) is 0 Å². The Morgan fingerprint density at radius 1 is 1.42 bits per heavy atom. The van der Waals surface area contributed by atoms with Crippen molar-refractivity contribution in [2.75, 3.05) is 11.4 Å². The molecule has 1 aromatic heterocycles. The third-order valence-corrected chi connectivity index (χ3v) is 3.97. The summed E-state index contributed by atoms with van der Waals surface area (Å²) in [6, 6.07) is 10.6. The molecule has 2 unspecified atom stereocenters. The molecular formula is C15H16N4. The van der Waals surface area contributed by atoms with Crippen LogP contribution in [0.5, 0.6) is 0 Å². The summed E-state index contributed by atoms with van der Waals surface area (Å²) < 4.78 is 0. The molecular weight excluding hydrogens is 236 g/mol. The van der Waals surface area contributed by atoms with Crippen molar-refractivity contribution < 1.29 is 0 Å². The summed E-state index contributed by atoms with van der Waals surface area (Å²) >= 11 is 0. The molecule has 1 aliphatic rings. The van der Waals surface area contributed by atoms with Crippen molar-refractivity contribution in [3.63, 3.8) is 0 Å². The minimum Gasteiger partial charge on any atom is -0.366 e. The average Bonchev–Trinajstić information content (AvgIpc) is 2.77. The molecule has 2 heterocycles. The van der Waals surface area contributed by atoms with E-state index in [1.54, 1.807) is 6.20 Å². The highest BCUT2D eigenvalue weighted by molar-refractivity contribution is 5.94. The van der Waals surface area contributed by atoms with Crippen LogP contribution in [-0.2, 0) is 0 Å². The van der Waals surface area contributed by atoms with E-state index in [-0.39, 0.29) is 12.1 Å². The number of aromatic nitrogens is 1. The molecule has 0 amide bonds. The average molecular weight is 252 g/mol. The van der Waals surface area contributed by atoms with Gasteiger partial charge in [0.25, 0.3) is 0 Å². The van der Waals surface area contributed by atoms with Gasteiger partial charge in [-0.3, -0.25) is 4.98 Å². The SMILES string of the molecule is CC1C(N)CCN1c1c(C#N)cnc2ccccc12. The monoisotopic (exact) mass is 252 g/mol. The van der Waals surface area contributed by atoms with Gasteiger partial charge in [0, 0.05) is 30.2 Å². The van der Waals surface area contributed by atoms with Crippen LogP contribution in [0.25, 0.3) is 10.9 Å². The first-order chi connectivity index (χ1) is 9.22. The number of rotatable bonds is 1. The smallest absolute Gasteiger partial charge is 0.103 e. The van der Waals surface area contributed by atoms with Gasteiger partial charge in [-0.05, 0) is 19.4 Å². The van der Waals surface area contributed by atoms with Crippen molar-refractivity contribution in [3.05, 3.63) is 36.0 Å². The van der Waals surface area contributed by atoms with Gasteiger partial charge < -0.3 is 10.6 Å². The highest BCUT2D eigenvalue weighted by Gasteiger charge is 2.30. The van der Waals surface area contributed by atoms with Crippen LogP contribution in [0.4, 0.5) is 5.69 Å². The Morgan fingerprint density at radius 2 is 2.21 bits per heavy atom. The van der Waals surface area contributed by atoms with Crippen molar-refractivity contribution in [2.45, 2.75) is 25.4 Å². The number of hydrogen-bond acceptors (Lipinski definition) is 4. The molecule has 1 aliphatic heterocycles. The number of nitriles is 1. The predicted octanol–water partition coefficient (Wildman–Crippen LogP) is 2.03. The highest BCUT2D eigenvalue weighted by atomic mass is 15.2. The van der Waals surface area contributed by atoms with E-state index in [0.29, 0.717) is 5.56 Å². The van der Waals surface area contributed by atoms with Gasteiger partial charge in [0.15, 0.2) is 0 Å². The van der Waals surface area contributed by atoms with Gasteiger partial charge in [-0.2, -0.15) is 5.26 Å². The van der Waals surface area contributed by atoms with Crippen molar-refractivity contribution in [3.8, 4) is 6.07 Å². The minimum absolute atomic E-state index is 0.165. The lowest BCUT2D eigenvalue weighted by atomic mass is 10.1. The number of anilines is 1. The van der Waals surface area contributed by atoms with Gasteiger partial charge in [-0.15, -0.1) is 0 Å². The van der Waals surface area contributed by atoms with Crippen LogP contribution in [0.2, 0.25) is 0 Å². The second kappa shape index (κ2) is 4.52. The van der Waals surface area contributed by atoms with Crippen molar-refractivity contribution in [2.24, 2.45) is 5.73 Å². The molecule has 0 bridgehead atoms. The van der Waals surface area contributed by atoms with Gasteiger partial charge in [0.05, 0.1) is 16.8 Å². The summed E-state index contributed by atoms with van der Waals surface area (Å²) in [5.74, 6) is 0. The van der Waals surface area contributed by atoms with Gasteiger partial charge in [-0.25, -0.2) is 0 Å². The molecule has 1 aromatic carbocycles. The maximum atomic E-state index is 9.34. The Labute approximate surface area is 112 Å². The summed E-state index contributed by atoms with van der Waals surface area (Å²) in [4.78, 5) is 6.59. The third-order valence-electron chi connectivity index (χ3n) is 3.97. The summed E-state index contributed by atoms with van der Waals surface area (Å²) in [6.45, 7) is 3.01. The normalized spacial score (nSPS) is 22.7. The molecule has 19 heavy (non-hydrogen) atoms. The zero-order valence-corrected chi connectivity index (χ0v) is 10.9. The molecule has 2 N–H and O–H groups in total. The number of fused-ring (bicyclic) bond motifs is 1. The summed E-state index contributed by atoms with van der Waals surface area (Å²) in [6.07, 6.45) is 2.62. The lowest BCUT2D eigenvalue weighted by molar-refractivity contribution is 0.625. The fourth-order valence-corrected chi connectivity index (χ4v) is 2.80. The standard InChI is InChI=1S/C15H16N4/c1-10-13(17)6-7-19(10)15-11(8-16)9-18-14-5-3-2-4-12(14)15/h2-5,9-10,13H,6-7,17H2,1H3. The lowest BCUT2D eigenvalue weighted by Crippen LogP contribution is -2.37. The van der Waals surface area contributed by atoms with E-state index in [1.165, 1.54) is 0 Å². The van der Waals surface area contributed by atoms with Gasteiger partial charge in [0.2, 0.25) is 0 Å². The molecule has 0 spiro atoms. The molecule has 4 nitrogen and oxygen atoms in total. The summed E-state index contributed by atoms with van der Waals surface area (Å²) in [5.41, 5.74) is 8.63. The van der Waals surface area contributed by atoms with Crippen molar-refractivity contribution in [1.82, 2.24) is 4.98 Å². The maximum Gasteiger partial charge on any atom is 0.103 e. The molecule has 2 atom stereocenters. The fourth-order valence-electron chi connectivity index (χ4n) is 2.80. The molecule has 96 valence electrons. The Hall–Kier alpha value is -2.12. The van der Waals surface area contributed by atoms with Crippen LogP contribution < -0.4 is 10.6 Å². The number of nitrogens with two attached hydrogens (primary N) is 1. The highest BCUT2D eigenvalue weighted by Crippen LogP contribution is 2.33. The number of nitrogens with zero attached hydrogens (tertiary/aromatic N) is 3. The second-order valence-electron chi connectivity index (χ2n) is 5.04. The van der Waals surface area contributed by atoms with Crippen molar-refractivity contribution in [1.29, 1.82) is 5.26 Å². The van der Waals surface area contributed by atoms with Crippen molar-refractivity contribution >= 4 is 16.6 Å². The number of pyridine rings is 1. The van der Waals surface area contributed by atoms with E-state index in [9.17, 15) is 5.26 Å². The van der Waals surface area contributed by atoms with Crippen LogP contribution in [0, 0.1) is 11.3 Å². The van der Waals surface area contributed by atoms with Crippen LogP contribution in [0.1, 0.15) is 18.9 Å². The first-order valence-corrected chi connectivity index (χ1v) is 6.52. The zero-order valence-electron chi connectivity index (χ0n) is 10.9. The molecule has 2 aromatic rings. The zero-order chi connectivity index (χ0) is 13.4. The lowest BCUT2D eigenvalue weighted by Gasteiger charge is -2.27. The van der Waals surface area contributed by atoms with E-state index in [0.717, 1.165) is 29.6 Å². The van der Waals surface area contributed by atoms with E-state index < -0.39 is 0 Å². The van der Waals surface area contributed by atoms with Gasteiger partial charge in [0.1, 0.15) is 6.07 Å². The van der Waals surface area contributed by atoms with Gasteiger partial charge >= 0.3 is 0 Å². The largest absolute Gasteiger partial charge is 0.366 e. The number of benzene rings is 1. The van der Waals surface area contributed by atoms with Gasteiger partial charge in [-0.1, -0.05) is 18.2 Å². The topological polar surface area (TPSA) is 65.9 Å². The Bertz CT molecular complexity index is 659. The molecule has 3 rings (SSSR count). The molecule has 0 aliphatic carbocycles. The Balaban J connectivity index is 2.24. The predicted molar refractivity (Wildman–Crippen MR) is 75.9 cm³/mol. The molecule has 4 heteroatoms. The summed E-state index contributed by atoms with van der Waals surface area (Å²) in [5, 5.41) is 10.4. The van der Waals surface area contributed by atoms with Crippen LogP contribution >= 0.6 is 0 Å². The van der Waals surface area contributed by atoms with E-state index in [4.69, 9.17) is 5.73 Å². The molecule has 0 radical (unpaired) electrons. The molecule has 1 fully saturated rings. The Kier molecular flexibility index (Phi) is 2.84. The quantitative estimate of drug-likeness (QED) is 0.843. The minimum atomic E-state index is 0.165. The number of hydrogen-bond donors (Lipinski definition) is 1. The fraction of sp³-hybridized carbons (Fsp3) is 0.333. The second-order valence-corrected chi connectivity index (χ2v) is 5.04. The summed E-state index contributed by atoms with van der Waals surface area (Å²) in [7, 11) is 0. The third kappa shape index (κ3) is 1.83. The van der Waals surface area contributed by atoms with E-state index in [2.05, 4.69) is 22.9 Å². The first kappa shape index (κ1) is 11.9. The van der Waals surface area contributed by atoms with E-state index in [1.807, 2.05) is 24.3 Å². The maximum absolute atomic E-state index is 9.34. The molecule has 1 saturated heterocycles.